The molecule has 28 heavy (non-hydrogen) atoms. The van der Waals surface area contributed by atoms with E-state index in [1.54, 1.807) is 0 Å². The molecule has 1 fully saturated rings. The number of nitrogens with one attached hydrogen (secondary N) is 1. The van der Waals surface area contributed by atoms with Gasteiger partial charge in [0.2, 0.25) is 5.91 Å². The van der Waals surface area contributed by atoms with E-state index in [2.05, 4.69) is 93.7 Å². The molecule has 0 unspecified atom stereocenters. The molecular formula is C26H27NO. The molecular weight excluding hydrogens is 342 g/mol. The van der Waals surface area contributed by atoms with Crippen molar-refractivity contribution in [2.24, 2.45) is 5.92 Å². The molecule has 0 spiro atoms. The lowest BCUT2D eigenvalue weighted by Crippen LogP contribution is -2.22. The van der Waals surface area contributed by atoms with Gasteiger partial charge < -0.3 is 5.32 Å². The predicted octanol–water partition coefficient (Wildman–Crippen LogP) is 5.86. The smallest absolute Gasteiger partial charge is 0.228 e. The monoisotopic (exact) mass is 369 g/mol. The maximum Gasteiger partial charge on any atom is 0.228 e. The molecule has 1 amide bonds. The molecule has 142 valence electrons. The standard InChI is InChI=1S/C26H27NO/c1-17-5-10-21(11-6-17)26(22-12-7-18(2)8-13-22)16-24(26)25(28)27-23-14-9-19(3)20(4)15-23/h5-15,24H,16H2,1-4H3,(H,27,28)/t24-/m1/s1. The second-order valence-corrected chi connectivity index (χ2v) is 8.25. The molecule has 1 atom stereocenters. The van der Waals surface area contributed by atoms with Gasteiger partial charge in [-0.05, 0) is 68.5 Å². The van der Waals surface area contributed by atoms with Gasteiger partial charge in [0.1, 0.15) is 0 Å². The van der Waals surface area contributed by atoms with Crippen LogP contribution >= 0.6 is 0 Å². The van der Waals surface area contributed by atoms with Crippen LogP contribution in [-0.2, 0) is 10.2 Å². The number of anilines is 1. The molecule has 1 aliphatic rings. The molecule has 0 aliphatic heterocycles. The molecule has 1 aliphatic carbocycles. The zero-order valence-electron chi connectivity index (χ0n) is 17.0. The van der Waals surface area contributed by atoms with Crippen molar-refractivity contribution in [3.05, 3.63) is 100 Å². The van der Waals surface area contributed by atoms with Crippen molar-refractivity contribution in [2.45, 2.75) is 39.5 Å². The molecule has 4 rings (SSSR count). The fraction of sp³-hybridized carbons (Fsp3) is 0.269. The summed E-state index contributed by atoms with van der Waals surface area (Å²) in [5.41, 5.74) is 7.99. The molecule has 1 saturated carbocycles. The van der Waals surface area contributed by atoms with Crippen LogP contribution in [0, 0.1) is 33.6 Å². The van der Waals surface area contributed by atoms with Crippen molar-refractivity contribution >= 4 is 11.6 Å². The lowest BCUT2D eigenvalue weighted by molar-refractivity contribution is -0.117. The van der Waals surface area contributed by atoms with Crippen LogP contribution in [0.2, 0.25) is 0 Å². The summed E-state index contributed by atoms with van der Waals surface area (Å²) in [7, 11) is 0. The first-order valence-corrected chi connectivity index (χ1v) is 9.92. The van der Waals surface area contributed by atoms with Gasteiger partial charge in [-0.1, -0.05) is 65.7 Å². The van der Waals surface area contributed by atoms with Gasteiger partial charge in [0.25, 0.3) is 0 Å². The van der Waals surface area contributed by atoms with Gasteiger partial charge in [-0.15, -0.1) is 0 Å². The van der Waals surface area contributed by atoms with E-state index in [1.165, 1.54) is 33.4 Å². The number of aryl methyl sites for hydroxylation is 4. The van der Waals surface area contributed by atoms with Crippen LogP contribution < -0.4 is 5.32 Å². The van der Waals surface area contributed by atoms with Crippen LogP contribution in [0.25, 0.3) is 0 Å². The summed E-state index contributed by atoms with van der Waals surface area (Å²) in [5, 5.41) is 3.15. The number of benzene rings is 3. The Labute approximate surface area is 167 Å². The van der Waals surface area contributed by atoms with Crippen molar-refractivity contribution in [3.63, 3.8) is 0 Å². The molecule has 3 aromatic carbocycles. The Morgan fingerprint density at radius 1 is 0.786 bits per heavy atom. The Morgan fingerprint density at radius 2 is 1.32 bits per heavy atom. The first-order valence-electron chi connectivity index (χ1n) is 9.92. The maximum absolute atomic E-state index is 13.2. The van der Waals surface area contributed by atoms with Crippen molar-refractivity contribution < 1.29 is 4.79 Å². The molecule has 1 N–H and O–H groups in total. The Bertz CT molecular complexity index is 970. The van der Waals surface area contributed by atoms with E-state index in [0.29, 0.717) is 0 Å². The SMILES string of the molecule is Cc1ccc(C2(c3ccc(C)cc3)C[C@@H]2C(=O)Nc2ccc(C)c(C)c2)cc1. The lowest BCUT2D eigenvalue weighted by atomic mass is 9.85. The highest BCUT2D eigenvalue weighted by Gasteiger charge is 2.60. The number of carbonyl (C=O) groups excluding carboxylic acids is 1. The summed E-state index contributed by atoms with van der Waals surface area (Å²) in [6.07, 6.45) is 0.843. The van der Waals surface area contributed by atoms with E-state index in [9.17, 15) is 4.79 Å². The molecule has 0 radical (unpaired) electrons. The van der Waals surface area contributed by atoms with E-state index >= 15 is 0 Å². The first kappa shape index (κ1) is 18.5. The largest absolute Gasteiger partial charge is 0.326 e. The summed E-state index contributed by atoms with van der Waals surface area (Å²) in [5.74, 6) is 0.0453. The second-order valence-electron chi connectivity index (χ2n) is 8.25. The van der Waals surface area contributed by atoms with E-state index < -0.39 is 0 Å². The molecule has 2 heteroatoms. The van der Waals surface area contributed by atoms with Crippen LogP contribution in [0.3, 0.4) is 0 Å². The number of amides is 1. The molecule has 2 nitrogen and oxygen atoms in total. The summed E-state index contributed by atoms with van der Waals surface area (Å²) >= 11 is 0. The second kappa shape index (κ2) is 6.94. The first-order chi connectivity index (χ1) is 13.4. The van der Waals surface area contributed by atoms with Crippen LogP contribution in [0.5, 0.6) is 0 Å². The van der Waals surface area contributed by atoms with Crippen LogP contribution in [0.1, 0.15) is 39.8 Å². The van der Waals surface area contributed by atoms with E-state index in [1.807, 2.05) is 6.07 Å². The van der Waals surface area contributed by atoms with Crippen LogP contribution in [0.15, 0.2) is 66.7 Å². The normalized spacial score (nSPS) is 17.2. The van der Waals surface area contributed by atoms with Crippen LogP contribution in [-0.4, -0.2) is 5.91 Å². The van der Waals surface area contributed by atoms with Crippen molar-refractivity contribution in [1.29, 1.82) is 0 Å². The zero-order valence-corrected chi connectivity index (χ0v) is 17.0. The van der Waals surface area contributed by atoms with Gasteiger partial charge in [0.05, 0.1) is 5.92 Å². The highest BCUT2D eigenvalue weighted by molar-refractivity contribution is 5.97. The summed E-state index contributed by atoms with van der Waals surface area (Å²) in [4.78, 5) is 13.2. The number of rotatable bonds is 4. The predicted molar refractivity (Wildman–Crippen MR) is 116 cm³/mol. The minimum atomic E-state index is -0.231. The number of carbonyl (C=O) groups is 1. The molecule has 0 aromatic heterocycles. The fourth-order valence-electron chi connectivity index (χ4n) is 4.13. The molecule has 3 aromatic rings. The summed E-state index contributed by atoms with van der Waals surface area (Å²) in [6, 6.07) is 23.4. The third-order valence-corrected chi connectivity index (χ3v) is 6.19. The number of hydrogen-bond acceptors (Lipinski definition) is 1. The van der Waals surface area contributed by atoms with E-state index in [4.69, 9.17) is 0 Å². The average molecular weight is 370 g/mol. The van der Waals surface area contributed by atoms with E-state index in [0.717, 1.165) is 12.1 Å². The quantitative estimate of drug-likeness (QED) is 0.613. The third kappa shape index (κ3) is 3.24. The van der Waals surface area contributed by atoms with Crippen molar-refractivity contribution in [2.75, 3.05) is 5.32 Å². The topological polar surface area (TPSA) is 29.1 Å². The maximum atomic E-state index is 13.2. The van der Waals surface area contributed by atoms with E-state index in [-0.39, 0.29) is 17.2 Å². The number of hydrogen-bond donors (Lipinski definition) is 1. The van der Waals surface area contributed by atoms with Gasteiger partial charge in [0, 0.05) is 11.1 Å². The Balaban J connectivity index is 1.66. The van der Waals surface area contributed by atoms with Gasteiger partial charge in [-0.3, -0.25) is 4.79 Å². The highest BCUT2D eigenvalue weighted by atomic mass is 16.2. The summed E-state index contributed by atoms with van der Waals surface area (Å²) < 4.78 is 0. The Morgan fingerprint density at radius 3 is 1.82 bits per heavy atom. The third-order valence-electron chi connectivity index (χ3n) is 6.19. The fourth-order valence-corrected chi connectivity index (χ4v) is 4.13. The van der Waals surface area contributed by atoms with Crippen molar-refractivity contribution in [3.8, 4) is 0 Å². The average Bonchev–Trinajstić information content (AvgIpc) is 3.43. The molecule has 0 heterocycles. The minimum absolute atomic E-state index is 0.0560. The summed E-state index contributed by atoms with van der Waals surface area (Å²) in [6.45, 7) is 8.35. The Kier molecular flexibility index (Phi) is 4.58. The highest BCUT2D eigenvalue weighted by Crippen LogP contribution is 2.59. The molecule has 0 saturated heterocycles. The van der Waals surface area contributed by atoms with Crippen molar-refractivity contribution in [1.82, 2.24) is 0 Å². The van der Waals surface area contributed by atoms with Gasteiger partial charge >= 0.3 is 0 Å². The zero-order chi connectivity index (χ0) is 19.9. The molecule has 0 bridgehead atoms. The lowest BCUT2D eigenvalue weighted by Gasteiger charge is -2.20. The van der Waals surface area contributed by atoms with Crippen LogP contribution in [0.4, 0.5) is 5.69 Å². The van der Waals surface area contributed by atoms with Gasteiger partial charge in [-0.2, -0.15) is 0 Å². The Hall–Kier alpha value is -2.87. The van der Waals surface area contributed by atoms with Gasteiger partial charge in [-0.25, -0.2) is 0 Å². The minimum Gasteiger partial charge on any atom is -0.326 e. The van der Waals surface area contributed by atoms with Gasteiger partial charge in [0.15, 0.2) is 0 Å².